The summed E-state index contributed by atoms with van der Waals surface area (Å²) in [5.41, 5.74) is 2.22. The van der Waals surface area contributed by atoms with E-state index in [0.717, 1.165) is 27.8 Å². The van der Waals surface area contributed by atoms with Crippen molar-refractivity contribution in [2.45, 2.75) is 76.8 Å². The molecule has 0 bridgehead atoms. The number of aliphatic imine (C=N–C) groups is 1. The summed E-state index contributed by atoms with van der Waals surface area (Å²) in [6.07, 6.45) is 1.04. The summed E-state index contributed by atoms with van der Waals surface area (Å²) >= 11 is 1.44. The molecule has 3 aromatic carbocycles. The average molecular weight is 657 g/mol. The van der Waals surface area contributed by atoms with E-state index in [-0.39, 0.29) is 46.8 Å². The van der Waals surface area contributed by atoms with Crippen LogP contribution in [0.15, 0.2) is 77.8 Å². The summed E-state index contributed by atoms with van der Waals surface area (Å²) in [4.78, 5) is 45.9. The van der Waals surface area contributed by atoms with E-state index in [1.54, 1.807) is 11.1 Å². The molecule has 5 rings (SSSR count). The molecule has 0 aliphatic carbocycles. The zero-order chi connectivity index (χ0) is 34.1. The van der Waals surface area contributed by atoms with Gasteiger partial charge in [0.25, 0.3) is 5.91 Å². The van der Waals surface area contributed by atoms with Gasteiger partial charge in [-0.05, 0) is 39.7 Å². The Balaban J connectivity index is 1.38. The molecule has 2 fully saturated rings. The van der Waals surface area contributed by atoms with Crippen LogP contribution >= 0.6 is 11.8 Å². The molecule has 1 N–H and O–H groups in total. The van der Waals surface area contributed by atoms with Gasteiger partial charge in [-0.15, -0.1) is 11.8 Å². The van der Waals surface area contributed by atoms with Crippen LogP contribution in [-0.4, -0.2) is 64.4 Å². The average Bonchev–Trinajstić information content (AvgIpc) is 3.02. The highest BCUT2D eigenvalue weighted by Gasteiger charge is 2.58. The largest absolute Gasteiger partial charge is 0.507 e. The van der Waals surface area contributed by atoms with Crippen molar-refractivity contribution in [3.63, 3.8) is 0 Å². The van der Waals surface area contributed by atoms with Crippen LogP contribution in [0.25, 0.3) is 0 Å². The SMILES string of the molecule is CC(=O)OCC1(C(=O)OC(c2ccccc2)c2ccccc2)CS[C@@H]2C(N=Cc3cc(C(C)(C)C)c(O)c(C(C)(C)C)c3)C(=O)N2C1. The van der Waals surface area contributed by atoms with Crippen LogP contribution in [0.3, 0.4) is 0 Å². The molecule has 0 saturated carbocycles. The molecular formula is C38H44N2O6S. The van der Waals surface area contributed by atoms with Gasteiger partial charge < -0.3 is 19.5 Å². The highest BCUT2D eigenvalue weighted by molar-refractivity contribution is 8.00. The number of β-lactam (4-membered cyclic amide) rings is 1. The first-order valence-corrected chi connectivity index (χ1v) is 16.9. The lowest BCUT2D eigenvalue weighted by atomic mass is 9.78. The summed E-state index contributed by atoms with van der Waals surface area (Å²) in [7, 11) is 0. The van der Waals surface area contributed by atoms with Gasteiger partial charge in [-0.25, -0.2) is 0 Å². The topological polar surface area (TPSA) is 106 Å². The molecule has 2 saturated heterocycles. The quantitative estimate of drug-likeness (QED) is 0.166. The Hall–Kier alpha value is -4.11. The zero-order valence-electron chi connectivity index (χ0n) is 28.2. The minimum absolute atomic E-state index is 0.0550. The second kappa shape index (κ2) is 13.2. The number of phenolic OH excluding ortho intramolecular Hbond substituents is 1. The van der Waals surface area contributed by atoms with Crippen molar-refractivity contribution in [3.8, 4) is 5.75 Å². The number of amides is 1. The molecule has 2 aliphatic rings. The molecule has 2 unspecified atom stereocenters. The predicted octanol–water partition coefficient (Wildman–Crippen LogP) is 6.57. The number of hydrogen-bond acceptors (Lipinski definition) is 8. The Morgan fingerprint density at radius 3 is 2.00 bits per heavy atom. The molecule has 9 heteroatoms. The fourth-order valence-electron chi connectivity index (χ4n) is 5.98. The van der Waals surface area contributed by atoms with Gasteiger partial charge in [-0.3, -0.25) is 19.4 Å². The number of hydrogen-bond donors (Lipinski definition) is 1. The van der Waals surface area contributed by atoms with Gasteiger partial charge in [0, 0.05) is 36.6 Å². The number of aromatic hydroxyl groups is 1. The highest BCUT2D eigenvalue weighted by Crippen LogP contribution is 2.45. The number of phenols is 1. The van der Waals surface area contributed by atoms with Crippen molar-refractivity contribution >= 4 is 35.8 Å². The first-order chi connectivity index (χ1) is 22.1. The van der Waals surface area contributed by atoms with Crippen LogP contribution in [-0.2, 0) is 34.7 Å². The third kappa shape index (κ3) is 7.25. The molecule has 8 nitrogen and oxygen atoms in total. The molecule has 248 valence electrons. The number of fused-ring (bicyclic) bond motifs is 1. The minimum Gasteiger partial charge on any atom is -0.507 e. The maximum atomic E-state index is 14.1. The maximum absolute atomic E-state index is 14.1. The van der Waals surface area contributed by atoms with E-state index < -0.39 is 29.5 Å². The van der Waals surface area contributed by atoms with Crippen molar-refractivity contribution in [1.82, 2.24) is 4.90 Å². The van der Waals surface area contributed by atoms with Crippen LogP contribution < -0.4 is 0 Å². The third-order valence-corrected chi connectivity index (χ3v) is 10.2. The normalized spacial score (nSPS) is 21.4. The zero-order valence-corrected chi connectivity index (χ0v) is 29.0. The fourth-order valence-corrected chi connectivity index (χ4v) is 7.49. The van der Waals surface area contributed by atoms with Crippen LogP contribution in [0, 0.1) is 5.41 Å². The van der Waals surface area contributed by atoms with Gasteiger partial charge in [0.1, 0.15) is 23.1 Å². The van der Waals surface area contributed by atoms with E-state index in [9.17, 15) is 19.5 Å². The van der Waals surface area contributed by atoms with E-state index in [4.69, 9.17) is 14.5 Å². The van der Waals surface area contributed by atoms with Gasteiger partial charge in [0.05, 0.1) is 0 Å². The molecule has 2 aliphatic heterocycles. The van der Waals surface area contributed by atoms with Gasteiger partial charge in [-0.2, -0.15) is 0 Å². The number of thioether (sulfide) groups is 1. The van der Waals surface area contributed by atoms with E-state index >= 15 is 0 Å². The molecule has 0 radical (unpaired) electrons. The van der Waals surface area contributed by atoms with Crippen molar-refractivity contribution < 1.29 is 29.0 Å². The Labute approximate surface area is 281 Å². The van der Waals surface area contributed by atoms with Gasteiger partial charge in [-0.1, -0.05) is 102 Å². The Kier molecular flexibility index (Phi) is 9.60. The predicted molar refractivity (Wildman–Crippen MR) is 185 cm³/mol. The number of esters is 2. The summed E-state index contributed by atoms with van der Waals surface area (Å²) in [6, 6.07) is 22.2. The second-order valence-corrected chi connectivity index (χ2v) is 15.6. The molecule has 0 spiro atoms. The molecule has 3 atom stereocenters. The fraction of sp³-hybridized carbons (Fsp3) is 0.421. The Bertz CT molecular complexity index is 1590. The highest BCUT2D eigenvalue weighted by atomic mass is 32.2. The van der Waals surface area contributed by atoms with Crippen molar-refractivity contribution in [2.75, 3.05) is 18.9 Å². The lowest BCUT2D eigenvalue weighted by molar-refractivity contribution is -0.170. The van der Waals surface area contributed by atoms with Gasteiger partial charge in [0.15, 0.2) is 12.1 Å². The summed E-state index contributed by atoms with van der Waals surface area (Å²) in [5, 5.41) is 10.8. The first-order valence-electron chi connectivity index (χ1n) is 15.9. The number of ether oxygens (including phenoxy) is 2. The molecule has 0 aromatic heterocycles. The van der Waals surface area contributed by atoms with Crippen molar-refractivity contribution in [2.24, 2.45) is 10.4 Å². The van der Waals surface area contributed by atoms with Crippen LogP contribution in [0.2, 0.25) is 0 Å². The standard InChI is InChI=1S/C38H44N2O6S/c1-24(41)45-22-38(35(44)46-32(26-14-10-8-11-15-26)27-16-12-9-13-17-27)21-40-33(43)30(34(40)47-23-38)39-20-25-18-28(36(2,3)4)31(42)29(19-25)37(5,6)7/h8-20,30,32,34,42H,21-23H2,1-7H3/t30?,34-,38?/m1/s1. The first kappa shape index (κ1) is 34.2. The monoisotopic (exact) mass is 656 g/mol. The van der Waals surface area contributed by atoms with Crippen LogP contribution in [0.4, 0.5) is 0 Å². The van der Waals surface area contributed by atoms with E-state index in [1.807, 2.05) is 72.8 Å². The number of carbonyl (C=O) groups excluding carboxylic acids is 3. The molecule has 3 aromatic rings. The van der Waals surface area contributed by atoms with Crippen LogP contribution in [0.1, 0.15) is 82.4 Å². The second-order valence-electron chi connectivity index (χ2n) is 14.5. The van der Waals surface area contributed by atoms with Gasteiger partial charge >= 0.3 is 11.9 Å². The summed E-state index contributed by atoms with van der Waals surface area (Å²) in [6.45, 7) is 13.5. The number of rotatable bonds is 8. The third-order valence-electron chi connectivity index (χ3n) is 8.66. The molecule has 1 amide bonds. The van der Waals surface area contributed by atoms with E-state index in [0.29, 0.717) is 0 Å². The smallest absolute Gasteiger partial charge is 0.319 e. The molecule has 47 heavy (non-hydrogen) atoms. The van der Waals surface area contributed by atoms with Gasteiger partial charge in [0.2, 0.25) is 0 Å². The molecular weight excluding hydrogens is 612 g/mol. The lowest BCUT2D eigenvalue weighted by Crippen LogP contribution is -2.69. The molecule has 2 heterocycles. The number of benzene rings is 3. The number of nitrogens with zero attached hydrogens (tertiary/aromatic N) is 2. The van der Waals surface area contributed by atoms with Crippen molar-refractivity contribution in [1.29, 1.82) is 0 Å². The number of carbonyl (C=O) groups is 3. The maximum Gasteiger partial charge on any atom is 0.319 e. The Morgan fingerprint density at radius 1 is 0.979 bits per heavy atom. The lowest BCUT2D eigenvalue weighted by Gasteiger charge is -2.52. The van der Waals surface area contributed by atoms with E-state index in [2.05, 4.69) is 41.5 Å². The van der Waals surface area contributed by atoms with Crippen molar-refractivity contribution in [3.05, 3.63) is 101 Å². The van der Waals surface area contributed by atoms with E-state index in [1.165, 1.54) is 18.7 Å². The summed E-state index contributed by atoms with van der Waals surface area (Å²) in [5.74, 6) is -0.670. The minimum atomic E-state index is -1.25. The van der Waals surface area contributed by atoms with Crippen LogP contribution in [0.5, 0.6) is 5.75 Å². The summed E-state index contributed by atoms with van der Waals surface area (Å²) < 4.78 is 11.6. The Morgan fingerprint density at radius 2 is 1.51 bits per heavy atom.